The minimum Gasteiger partial charge on any atom is -0.323 e. The molecule has 88 valence electrons. The Labute approximate surface area is 98.2 Å². The van der Waals surface area contributed by atoms with Crippen LogP contribution in [-0.4, -0.2) is 12.6 Å². The quantitative estimate of drug-likeness (QED) is 0.817. The van der Waals surface area contributed by atoms with Gasteiger partial charge in [0.05, 0.1) is 6.04 Å². The van der Waals surface area contributed by atoms with Crippen molar-refractivity contribution in [1.29, 1.82) is 0 Å². The van der Waals surface area contributed by atoms with Gasteiger partial charge in [0.2, 0.25) is 0 Å². The van der Waals surface area contributed by atoms with Crippen molar-refractivity contribution in [2.45, 2.75) is 45.2 Å². The number of rotatable bonds is 3. The Morgan fingerprint density at radius 1 is 1.19 bits per heavy atom. The summed E-state index contributed by atoms with van der Waals surface area (Å²) in [6.45, 7) is 6.56. The Balaban J connectivity index is 2.43. The zero-order valence-corrected chi connectivity index (χ0v) is 10.7. The fraction of sp³-hybridized carbons (Fsp3) is 0.571. The van der Waals surface area contributed by atoms with Crippen LogP contribution in [-0.2, 0) is 0 Å². The van der Waals surface area contributed by atoms with Gasteiger partial charge in [-0.25, -0.2) is 0 Å². The van der Waals surface area contributed by atoms with Gasteiger partial charge in [0.1, 0.15) is 0 Å². The van der Waals surface area contributed by atoms with Crippen LogP contribution >= 0.6 is 0 Å². The van der Waals surface area contributed by atoms with Crippen LogP contribution in [0.5, 0.6) is 0 Å². The lowest BCUT2D eigenvalue weighted by Gasteiger charge is -2.26. The second kappa shape index (κ2) is 3.86. The summed E-state index contributed by atoms with van der Waals surface area (Å²) >= 11 is 0. The highest BCUT2D eigenvalue weighted by molar-refractivity contribution is 5.42. The van der Waals surface area contributed by atoms with E-state index in [9.17, 15) is 0 Å². The molecule has 2 heteroatoms. The first kappa shape index (κ1) is 11.6. The molecule has 1 unspecified atom stereocenters. The molecule has 0 aliphatic heterocycles. The maximum Gasteiger partial charge on any atom is 0.0503 e. The van der Waals surface area contributed by atoms with E-state index in [0.717, 1.165) is 12.8 Å². The molecule has 0 bridgehead atoms. The van der Waals surface area contributed by atoms with E-state index in [1.807, 2.05) is 7.05 Å². The third-order valence-electron chi connectivity index (χ3n) is 4.10. The molecule has 2 nitrogen and oxygen atoms in total. The smallest absolute Gasteiger partial charge is 0.0503 e. The van der Waals surface area contributed by atoms with Gasteiger partial charge in [-0.05, 0) is 62.9 Å². The van der Waals surface area contributed by atoms with E-state index in [1.54, 1.807) is 0 Å². The van der Waals surface area contributed by atoms with E-state index >= 15 is 0 Å². The third kappa shape index (κ3) is 1.76. The number of nitrogens with one attached hydrogen (secondary N) is 1. The summed E-state index contributed by atoms with van der Waals surface area (Å²) in [5, 5.41) is 3.38. The number of hydrogen-bond acceptors (Lipinski definition) is 2. The van der Waals surface area contributed by atoms with Crippen LogP contribution < -0.4 is 11.1 Å². The Morgan fingerprint density at radius 2 is 1.81 bits per heavy atom. The SMILES string of the molecule is CNC(c1ccc(C)c(C)c1C)C1(N)CC1. The van der Waals surface area contributed by atoms with E-state index in [1.165, 1.54) is 22.3 Å². The summed E-state index contributed by atoms with van der Waals surface area (Å²) in [6, 6.07) is 4.73. The molecule has 0 aromatic heterocycles. The highest BCUT2D eigenvalue weighted by Crippen LogP contribution is 2.44. The lowest BCUT2D eigenvalue weighted by atomic mass is 9.90. The van der Waals surface area contributed by atoms with Crippen LogP contribution in [0.4, 0.5) is 0 Å². The molecule has 1 aromatic carbocycles. The fourth-order valence-corrected chi connectivity index (χ4v) is 2.48. The fourth-order valence-electron chi connectivity index (χ4n) is 2.48. The molecule has 0 heterocycles. The van der Waals surface area contributed by atoms with Gasteiger partial charge < -0.3 is 11.1 Å². The van der Waals surface area contributed by atoms with Gasteiger partial charge in [-0.1, -0.05) is 12.1 Å². The number of hydrogen-bond donors (Lipinski definition) is 2. The number of aryl methyl sites for hydroxylation is 1. The molecule has 0 amide bonds. The number of benzene rings is 1. The highest BCUT2D eigenvalue weighted by Gasteiger charge is 2.46. The van der Waals surface area contributed by atoms with Crippen molar-refractivity contribution in [3.8, 4) is 0 Å². The summed E-state index contributed by atoms with van der Waals surface area (Å²) in [5.74, 6) is 0. The highest BCUT2D eigenvalue weighted by atomic mass is 15.0. The summed E-state index contributed by atoms with van der Waals surface area (Å²) in [7, 11) is 2.01. The van der Waals surface area contributed by atoms with Crippen LogP contribution in [0.3, 0.4) is 0 Å². The molecule has 2 rings (SSSR count). The van der Waals surface area contributed by atoms with Crippen LogP contribution in [0.25, 0.3) is 0 Å². The van der Waals surface area contributed by atoms with Crippen molar-refractivity contribution in [3.63, 3.8) is 0 Å². The maximum absolute atomic E-state index is 6.33. The second-order valence-corrected chi connectivity index (χ2v) is 5.18. The molecule has 16 heavy (non-hydrogen) atoms. The maximum atomic E-state index is 6.33. The first-order valence-electron chi connectivity index (χ1n) is 6.02. The summed E-state index contributed by atoms with van der Waals surface area (Å²) in [6.07, 6.45) is 2.26. The third-order valence-corrected chi connectivity index (χ3v) is 4.10. The van der Waals surface area contributed by atoms with Crippen LogP contribution in [0.1, 0.15) is 41.1 Å². The number of nitrogens with two attached hydrogens (primary N) is 1. The molecule has 0 radical (unpaired) electrons. The number of likely N-dealkylation sites (N-methyl/N-ethyl adjacent to an activating group) is 1. The van der Waals surface area contributed by atoms with Crippen LogP contribution in [0.15, 0.2) is 12.1 Å². The molecule has 3 N–H and O–H groups in total. The van der Waals surface area contributed by atoms with Crippen molar-refractivity contribution >= 4 is 0 Å². The Hall–Kier alpha value is -0.860. The van der Waals surface area contributed by atoms with Gasteiger partial charge in [-0.2, -0.15) is 0 Å². The van der Waals surface area contributed by atoms with E-state index in [-0.39, 0.29) is 5.54 Å². The van der Waals surface area contributed by atoms with Crippen LogP contribution in [0, 0.1) is 20.8 Å². The summed E-state index contributed by atoms with van der Waals surface area (Å²) < 4.78 is 0. The molecular formula is C14H22N2. The minimum atomic E-state index is -0.0127. The van der Waals surface area contributed by atoms with Crippen molar-refractivity contribution in [2.75, 3.05) is 7.05 Å². The lowest BCUT2D eigenvalue weighted by molar-refractivity contribution is 0.459. The van der Waals surface area contributed by atoms with Crippen molar-refractivity contribution in [1.82, 2.24) is 5.32 Å². The van der Waals surface area contributed by atoms with E-state index in [2.05, 4.69) is 38.2 Å². The second-order valence-electron chi connectivity index (χ2n) is 5.18. The summed E-state index contributed by atoms with van der Waals surface area (Å²) in [5.41, 5.74) is 11.8. The van der Waals surface area contributed by atoms with Gasteiger partial charge in [0.15, 0.2) is 0 Å². The average Bonchev–Trinajstić information content (AvgIpc) is 2.98. The molecule has 0 spiro atoms. The molecule has 1 aromatic rings. The van der Waals surface area contributed by atoms with Crippen LogP contribution in [0.2, 0.25) is 0 Å². The molecule has 1 fully saturated rings. The largest absolute Gasteiger partial charge is 0.323 e. The van der Waals surface area contributed by atoms with Gasteiger partial charge in [-0.3, -0.25) is 0 Å². The molecule has 1 aliphatic carbocycles. The zero-order valence-electron chi connectivity index (χ0n) is 10.7. The first-order chi connectivity index (χ1) is 7.49. The molecule has 1 aliphatic rings. The normalized spacial score (nSPS) is 19.6. The Morgan fingerprint density at radius 3 is 2.31 bits per heavy atom. The Bertz CT molecular complexity index is 405. The Kier molecular flexibility index (Phi) is 2.81. The van der Waals surface area contributed by atoms with E-state index in [0.29, 0.717) is 6.04 Å². The molecule has 1 atom stereocenters. The molecular weight excluding hydrogens is 196 g/mol. The molecule has 1 saturated carbocycles. The van der Waals surface area contributed by atoms with E-state index in [4.69, 9.17) is 5.73 Å². The van der Waals surface area contributed by atoms with Gasteiger partial charge in [-0.15, -0.1) is 0 Å². The average molecular weight is 218 g/mol. The standard InChI is InChI=1S/C14H22N2/c1-9-5-6-12(11(3)10(9)2)13(16-4)14(15)7-8-14/h5-6,13,16H,7-8,15H2,1-4H3. The topological polar surface area (TPSA) is 38.0 Å². The van der Waals surface area contributed by atoms with Gasteiger partial charge >= 0.3 is 0 Å². The van der Waals surface area contributed by atoms with Crippen molar-refractivity contribution in [2.24, 2.45) is 5.73 Å². The monoisotopic (exact) mass is 218 g/mol. The molecule has 0 saturated heterocycles. The van der Waals surface area contributed by atoms with Crippen molar-refractivity contribution in [3.05, 3.63) is 34.4 Å². The summed E-state index contributed by atoms with van der Waals surface area (Å²) in [4.78, 5) is 0. The zero-order chi connectivity index (χ0) is 11.9. The minimum absolute atomic E-state index is 0.0127. The van der Waals surface area contributed by atoms with Crippen molar-refractivity contribution < 1.29 is 0 Å². The van der Waals surface area contributed by atoms with E-state index < -0.39 is 0 Å². The van der Waals surface area contributed by atoms with Gasteiger partial charge in [0, 0.05) is 5.54 Å². The lowest BCUT2D eigenvalue weighted by Crippen LogP contribution is -2.38. The predicted molar refractivity (Wildman–Crippen MR) is 68.6 cm³/mol. The predicted octanol–water partition coefficient (Wildman–Crippen LogP) is 2.36. The van der Waals surface area contributed by atoms with Gasteiger partial charge in [0.25, 0.3) is 0 Å². The first-order valence-corrected chi connectivity index (χ1v) is 6.02.